The van der Waals surface area contributed by atoms with Gasteiger partial charge >= 0.3 is 5.97 Å². The third kappa shape index (κ3) is 7.51. The van der Waals surface area contributed by atoms with Crippen LogP contribution in [0.4, 0.5) is 0 Å². The molecule has 0 radical (unpaired) electrons. The fraction of sp³-hybridized carbons (Fsp3) is 0.517. The van der Waals surface area contributed by atoms with Gasteiger partial charge in [0.2, 0.25) is 5.91 Å². The molecular formula is C29H39Cl2NO5S. The molecular weight excluding hydrogens is 545 g/mol. The standard InChI is InChI=1S/C29H39Cl2NO5S/c1-8-9-22(14-20(6)30)24-15-29(7,16-26(33)34)28(35)32(27(24)21-10-12-23(31)13-11-21)25(18(2)3)17-38(36,37)19(4)5/h8-14,18-19,24-25,27H,1,15-17H2,2-7H3,(H,33,34)/b20-14+,22-9+/t24-,25-,27?,29-/m1/s1. The molecule has 2 rings (SSSR count). The van der Waals surface area contributed by atoms with Gasteiger partial charge in [-0.25, -0.2) is 8.42 Å². The Balaban J connectivity index is 2.94. The van der Waals surface area contributed by atoms with Gasteiger partial charge in [0, 0.05) is 22.0 Å². The van der Waals surface area contributed by atoms with E-state index in [2.05, 4.69) is 6.58 Å². The number of piperidine rings is 1. The first-order valence-electron chi connectivity index (χ1n) is 12.7. The van der Waals surface area contributed by atoms with Gasteiger partial charge in [0.05, 0.1) is 28.9 Å². The Kier molecular flexibility index (Phi) is 10.9. The summed E-state index contributed by atoms with van der Waals surface area (Å²) in [4.78, 5) is 28.0. The third-order valence-corrected chi connectivity index (χ3v) is 9.81. The Hall–Kier alpha value is -2.09. The Morgan fingerprint density at radius 1 is 1.24 bits per heavy atom. The van der Waals surface area contributed by atoms with Crippen molar-refractivity contribution < 1.29 is 23.1 Å². The van der Waals surface area contributed by atoms with E-state index in [0.717, 1.165) is 11.1 Å². The normalized spacial score (nSPS) is 24.2. The minimum absolute atomic E-state index is 0.226. The summed E-state index contributed by atoms with van der Waals surface area (Å²) in [5.41, 5.74) is 0.270. The second-order valence-electron chi connectivity index (χ2n) is 11.0. The lowest BCUT2D eigenvalue weighted by Gasteiger charge is -2.53. The van der Waals surface area contributed by atoms with Crippen LogP contribution in [0.2, 0.25) is 5.02 Å². The summed E-state index contributed by atoms with van der Waals surface area (Å²) in [6, 6.07) is 5.84. The number of rotatable bonds is 11. The number of halogens is 2. The number of nitrogens with zero attached hydrogens (tertiary/aromatic N) is 1. The van der Waals surface area contributed by atoms with E-state index in [1.807, 2.05) is 32.1 Å². The first-order valence-corrected chi connectivity index (χ1v) is 15.2. The largest absolute Gasteiger partial charge is 0.481 e. The maximum atomic E-state index is 14.3. The molecule has 6 nitrogen and oxygen atoms in total. The molecule has 1 amide bonds. The highest BCUT2D eigenvalue weighted by atomic mass is 35.5. The summed E-state index contributed by atoms with van der Waals surface area (Å²) in [7, 11) is -3.55. The molecule has 1 N–H and O–H groups in total. The van der Waals surface area contributed by atoms with Crippen LogP contribution >= 0.6 is 23.2 Å². The third-order valence-electron chi connectivity index (χ3n) is 7.21. The first kappa shape index (κ1) is 32.1. The summed E-state index contributed by atoms with van der Waals surface area (Å²) in [6.07, 6.45) is 5.07. The van der Waals surface area contributed by atoms with E-state index in [0.29, 0.717) is 10.1 Å². The number of carbonyl (C=O) groups excluding carboxylic acids is 1. The van der Waals surface area contributed by atoms with Crippen LogP contribution in [-0.2, 0) is 19.4 Å². The van der Waals surface area contributed by atoms with E-state index in [9.17, 15) is 23.1 Å². The van der Waals surface area contributed by atoms with Crippen molar-refractivity contribution in [3.63, 3.8) is 0 Å². The van der Waals surface area contributed by atoms with Gasteiger partial charge in [-0.05, 0) is 62.5 Å². The molecule has 38 heavy (non-hydrogen) atoms. The van der Waals surface area contributed by atoms with Crippen molar-refractivity contribution in [2.24, 2.45) is 17.3 Å². The molecule has 0 saturated carbocycles. The van der Waals surface area contributed by atoms with Crippen LogP contribution in [-0.4, -0.2) is 47.3 Å². The fourth-order valence-corrected chi connectivity index (χ4v) is 6.83. The van der Waals surface area contributed by atoms with E-state index in [1.54, 1.807) is 56.9 Å². The van der Waals surface area contributed by atoms with Gasteiger partial charge in [0.1, 0.15) is 0 Å². The van der Waals surface area contributed by atoms with Crippen molar-refractivity contribution >= 4 is 44.9 Å². The predicted octanol–water partition coefficient (Wildman–Crippen LogP) is 6.81. The SMILES string of the molecule is C=C/C=C(\C=C(/C)Cl)[C@H]1C[C@](C)(CC(=O)O)C(=O)N([C@H](CS(=O)(=O)C(C)C)C(C)C)C1c1ccc(Cl)cc1. The number of carboxylic acid groups (broad SMARTS) is 1. The summed E-state index contributed by atoms with van der Waals surface area (Å²) in [6.45, 7) is 14.2. The molecule has 9 heteroatoms. The van der Waals surface area contributed by atoms with Gasteiger partial charge in [0.25, 0.3) is 0 Å². The maximum Gasteiger partial charge on any atom is 0.304 e. The van der Waals surface area contributed by atoms with Gasteiger partial charge in [0.15, 0.2) is 9.84 Å². The molecule has 0 spiro atoms. The monoisotopic (exact) mass is 583 g/mol. The van der Waals surface area contributed by atoms with Gasteiger partial charge in [-0.2, -0.15) is 0 Å². The van der Waals surface area contributed by atoms with Crippen LogP contribution in [0.25, 0.3) is 0 Å². The highest BCUT2D eigenvalue weighted by Gasteiger charge is 2.53. The minimum atomic E-state index is -3.55. The number of aliphatic carboxylic acids is 1. The van der Waals surface area contributed by atoms with Crippen LogP contribution in [0.5, 0.6) is 0 Å². The molecule has 0 aliphatic carbocycles. The molecule has 1 aliphatic rings. The lowest BCUT2D eigenvalue weighted by molar-refractivity contribution is -0.162. The van der Waals surface area contributed by atoms with Crippen molar-refractivity contribution in [2.75, 3.05) is 5.75 Å². The number of sulfone groups is 1. The van der Waals surface area contributed by atoms with Crippen LogP contribution < -0.4 is 0 Å². The fourth-order valence-electron chi connectivity index (χ4n) is 5.18. The molecule has 0 bridgehead atoms. The Labute approximate surface area is 237 Å². The smallest absolute Gasteiger partial charge is 0.304 e. The molecule has 1 heterocycles. The molecule has 210 valence electrons. The van der Waals surface area contributed by atoms with Gasteiger partial charge in [-0.1, -0.05) is 74.8 Å². The number of allylic oxidation sites excluding steroid dienone is 4. The first-order chi connectivity index (χ1) is 17.5. The molecule has 1 aliphatic heterocycles. The lowest BCUT2D eigenvalue weighted by atomic mass is 9.66. The van der Waals surface area contributed by atoms with Crippen molar-refractivity contribution in [3.8, 4) is 0 Å². The Bertz CT molecular complexity index is 1200. The number of carbonyl (C=O) groups is 2. The number of amides is 1. The summed E-state index contributed by atoms with van der Waals surface area (Å²) in [5.74, 6) is -2.34. The maximum absolute atomic E-state index is 14.3. The second-order valence-corrected chi connectivity index (χ2v) is 14.6. The molecule has 4 atom stereocenters. The van der Waals surface area contributed by atoms with Crippen molar-refractivity contribution in [1.29, 1.82) is 0 Å². The predicted molar refractivity (Wildman–Crippen MR) is 155 cm³/mol. The van der Waals surface area contributed by atoms with Crippen molar-refractivity contribution in [3.05, 3.63) is 70.3 Å². The molecule has 1 aromatic rings. The molecule has 1 fully saturated rings. The number of hydrogen-bond donors (Lipinski definition) is 1. The summed E-state index contributed by atoms with van der Waals surface area (Å²) in [5, 5.41) is 10.2. The minimum Gasteiger partial charge on any atom is -0.481 e. The van der Waals surface area contributed by atoms with Crippen molar-refractivity contribution in [2.45, 2.75) is 71.7 Å². The van der Waals surface area contributed by atoms with Crippen LogP contribution in [0, 0.1) is 17.3 Å². The molecule has 1 saturated heterocycles. The quantitative estimate of drug-likeness (QED) is 0.289. The zero-order valence-electron chi connectivity index (χ0n) is 22.9. The average Bonchev–Trinajstić information content (AvgIpc) is 2.78. The van der Waals surface area contributed by atoms with Crippen LogP contribution in [0.3, 0.4) is 0 Å². The van der Waals surface area contributed by atoms with E-state index in [1.165, 1.54) is 0 Å². The molecule has 1 unspecified atom stereocenters. The highest BCUT2D eigenvalue weighted by Crippen LogP contribution is 2.51. The van der Waals surface area contributed by atoms with Crippen LogP contribution in [0.15, 0.2) is 59.7 Å². The van der Waals surface area contributed by atoms with E-state index < -0.39 is 50.9 Å². The zero-order valence-corrected chi connectivity index (χ0v) is 25.3. The van der Waals surface area contributed by atoms with Crippen LogP contribution in [0.1, 0.15) is 66.0 Å². The topological polar surface area (TPSA) is 91.8 Å². The molecule has 1 aromatic carbocycles. The number of hydrogen-bond acceptors (Lipinski definition) is 4. The van der Waals surface area contributed by atoms with E-state index >= 15 is 0 Å². The summed E-state index contributed by atoms with van der Waals surface area (Å²) < 4.78 is 26.4. The Morgan fingerprint density at radius 3 is 2.26 bits per heavy atom. The number of likely N-dealkylation sites (tertiary alicyclic amines) is 1. The summed E-state index contributed by atoms with van der Waals surface area (Å²) >= 11 is 12.5. The lowest BCUT2D eigenvalue weighted by Crippen LogP contribution is -2.59. The van der Waals surface area contributed by atoms with Gasteiger partial charge in [-0.3, -0.25) is 9.59 Å². The van der Waals surface area contributed by atoms with Gasteiger partial charge < -0.3 is 10.0 Å². The molecule has 0 aromatic heterocycles. The van der Waals surface area contributed by atoms with E-state index in [-0.39, 0.29) is 24.0 Å². The van der Waals surface area contributed by atoms with E-state index in [4.69, 9.17) is 23.2 Å². The highest BCUT2D eigenvalue weighted by molar-refractivity contribution is 7.92. The van der Waals surface area contributed by atoms with Crippen molar-refractivity contribution in [1.82, 2.24) is 4.90 Å². The number of carboxylic acids is 1. The Morgan fingerprint density at radius 2 is 1.82 bits per heavy atom. The zero-order chi connectivity index (χ0) is 29.0. The number of benzene rings is 1. The average molecular weight is 585 g/mol. The van der Waals surface area contributed by atoms with Gasteiger partial charge in [-0.15, -0.1) is 0 Å². The second kappa shape index (κ2) is 12.8.